The summed E-state index contributed by atoms with van der Waals surface area (Å²) < 4.78 is 13.3. The quantitative estimate of drug-likeness (QED) is 0.545. The molecule has 0 saturated carbocycles. The zero-order chi connectivity index (χ0) is 19.5. The lowest BCUT2D eigenvalue weighted by Gasteiger charge is -2.12. The van der Waals surface area contributed by atoms with Crippen LogP contribution in [-0.4, -0.2) is 27.6 Å². The van der Waals surface area contributed by atoms with Crippen molar-refractivity contribution in [2.45, 2.75) is 6.61 Å². The average molecular weight is 374 g/mol. The van der Waals surface area contributed by atoms with Crippen LogP contribution in [0.4, 0.5) is 0 Å². The Bertz CT molecular complexity index is 1100. The highest BCUT2D eigenvalue weighted by molar-refractivity contribution is 5.87. The van der Waals surface area contributed by atoms with Crippen molar-refractivity contribution in [3.05, 3.63) is 84.2 Å². The van der Waals surface area contributed by atoms with Crippen molar-refractivity contribution in [2.75, 3.05) is 7.11 Å². The van der Waals surface area contributed by atoms with Gasteiger partial charge >= 0.3 is 5.97 Å². The van der Waals surface area contributed by atoms with Gasteiger partial charge in [-0.2, -0.15) is 0 Å². The molecule has 140 valence electrons. The second-order valence-electron chi connectivity index (χ2n) is 6.25. The zero-order valence-corrected chi connectivity index (χ0v) is 15.2. The topological polar surface area (TPSA) is 73.1 Å². The van der Waals surface area contributed by atoms with Crippen LogP contribution in [0.5, 0.6) is 11.5 Å². The van der Waals surface area contributed by atoms with E-state index in [2.05, 4.69) is 4.98 Å². The molecule has 0 unspecified atom stereocenters. The summed E-state index contributed by atoms with van der Waals surface area (Å²) in [4.78, 5) is 15.5. The Kier molecular flexibility index (Phi) is 4.68. The number of carboxylic acids is 1. The van der Waals surface area contributed by atoms with Gasteiger partial charge in [0.2, 0.25) is 0 Å². The van der Waals surface area contributed by atoms with E-state index in [9.17, 15) is 4.79 Å². The van der Waals surface area contributed by atoms with Crippen molar-refractivity contribution in [3.63, 3.8) is 0 Å². The third-order valence-corrected chi connectivity index (χ3v) is 4.42. The van der Waals surface area contributed by atoms with Crippen LogP contribution < -0.4 is 9.47 Å². The fraction of sp³-hybridized carbons (Fsp3) is 0.0909. The minimum Gasteiger partial charge on any atom is -0.493 e. The van der Waals surface area contributed by atoms with E-state index in [0.29, 0.717) is 18.1 Å². The average Bonchev–Trinajstić information content (AvgIpc) is 3.16. The van der Waals surface area contributed by atoms with Crippen molar-refractivity contribution in [1.29, 1.82) is 0 Å². The molecule has 1 N–H and O–H groups in total. The van der Waals surface area contributed by atoms with Gasteiger partial charge in [-0.15, -0.1) is 0 Å². The monoisotopic (exact) mass is 374 g/mol. The second kappa shape index (κ2) is 7.44. The van der Waals surface area contributed by atoms with E-state index < -0.39 is 5.97 Å². The van der Waals surface area contributed by atoms with Crippen LogP contribution in [0.15, 0.2) is 73.1 Å². The van der Waals surface area contributed by atoms with Crippen LogP contribution in [0.2, 0.25) is 0 Å². The molecule has 28 heavy (non-hydrogen) atoms. The lowest BCUT2D eigenvalue weighted by Crippen LogP contribution is -2.00. The molecule has 2 aromatic carbocycles. The Morgan fingerprint density at radius 3 is 2.61 bits per heavy atom. The number of aromatic carboxylic acids is 1. The molecular weight excluding hydrogens is 356 g/mol. The van der Waals surface area contributed by atoms with Crippen molar-refractivity contribution in [3.8, 4) is 22.8 Å². The normalized spacial score (nSPS) is 10.8. The first-order valence-electron chi connectivity index (χ1n) is 8.71. The summed E-state index contributed by atoms with van der Waals surface area (Å²) in [5.41, 5.74) is 3.77. The van der Waals surface area contributed by atoms with E-state index in [4.69, 9.17) is 14.6 Å². The Morgan fingerprint density at radius 2 is 1.89 bits per heavy atom. The molecule has 0 fully saturated rings. The van der Waals surface area contributed by atoms with Crippen LogP contribution in [0.25, 0.3) is 16.9 Å². The number of benzene rings is 2. The lowest BCUT2D eigenvalue weighted by molar-refractivity contribution is 0.0697. The van der Waals surface area contributed by atoms with Crippen molar-refractivity contribution in [1.82, 2.24) is 9.38 Å². The number of carboxylic acid groups (broad SMARTS) is 1. The zero-order valence-electron chi connectivity index (χ0n) is 15.2. The van der Waals surface area contributed by atoms with Crippen LogP contribution in [0, 0.1) is 0 Å². The van der Waals surface area contributed by atoms with E-state index in [0.717, 1.165) is 22.5 Å². The molecule has 0 aliphatic heterocycles. The first-order valence-corrected chi connectivity index (χ1v) is 8.71. The number of nitrogens with zero attached hydrogens (tertiary/aromatic N) is 2. The lowest BCUT2D eigenvalue weighted by atomic mass is 10.1. The number of aromatic nitrogens is 2. The minimum absolute atomic E-state index is 0.248. The standard InChI is InChI=1S/C22H18N2O4/c1-27-20-12-17(18-13-24-11-3-2-4-21(24)23-18)9-10-19(20)28-14-15-5-7-16(8-6-15)22(25)26/h2-13H,14H2,1H3,(H,25,26). The van der Waals surface area contributed by atoms with Gasteiger partial charge in [0.15, 0.2) is 11.5 Å². The SMILES string of the molecule is COc1cc(-c2cn3ccccc3n2)ccc1OCc1ccc(C(=O)O)cc1. The van der Waals surface area contributed by atoms with Crippen molar-refractivity contribution >= 4 is 11.6 Å². The molecule has 0 aliphatic carbocycles. The molecule has 2 heterocycles. The Balaban J connectivity index is 1.54. The van der Waals surface area contributed by atoms with Crippen molar-refractivity contribution < 1.29 is 19.4 Å². The van der Waals surface area contributed by atoms with Gasteiger partial charge in [-0.25, -0.2) is 9.78 Å². The second-order valence-corrected chi connectivity index (χ2v) is 6.25. The molecule has 4 rings (SSSR count). The predicted molar refractivity (Wildman–Crippen MR) is 105 cm³/mol. The third kappa shape index (κ3) is 3.53. The minimum atomic E-state index is -0.948. The molecule has 0 bridgehead atoms. The van der Waals surface area contributed by atoms with Gasteiger partial charge in [0.05, 0.1) is 18.4 Å². The molecule has 6 nitrogen and oxygen atoms in total. The molecular formula is C22H18N2O4. The third-order valence-electron chi connectivity index (χ3n) is 4.42. The van der Waals surface area contributed by atoms with Gasteiger partial charge in [-0.05, 0) is 48.0 Å². The van der Waals surface area contributed by atoms with E-state index in [1.807, 2.05) is 53.2 Å². The molecule has 0 spiro atoms. The summed E-state index contributed by atoms with van der Waals surface area (Å²) in [5, 5.41) is 8.96. The molecule has 2 aromatic heterocycles. The Labute approximate surface area is 161 Å². The maximum atomic E-state index is 10.9. The maximum Gasteiger partial charge on any atom is 0.335 e. The molecule has 6 heteroatoms. The number of ether oxygens (including phenoxy) is 2. The van der Waals surface area contributed by atoms with E-state index in [-0.39, 0.29) is 5.56 Å². The smallest absolute Gasteiger partial charge is 0.335 e. The summed E-state index contributed by atoms with van der Waals surface area (Å²) >= 11 is 0. The highest BCUT2D eigenvalue weighted by Gasteiger charge is 2.10. The van der Waals surface area contributed by atoms with Crippen LogP contribution in [0.3, 0.4) is 0 Å². The fourth-order valence-electron chi connectivity index (χ4n) is 2.92. The number of rotatable bonds is 6. The summed E-state index contributed by atoms with van der Waals surface area (Å²) in [6.07, 6.45) is 3.92. The van der Waals surface area contributed by atoms with Crippen LogP contribution in [-0.2, 0) is 6.61 Å². The predicted octanol–water partition coefficient (Wildman–Crippen LogP) is 4.29. The van der Waals surface area contributed by atoms with Gasteiger partial charge in [0, 0.05) is 18.0 Å². The van der Waals surface area contributed by atoms with Gasteiger partial charge in [0.1, 0.15) is 12.3 Å². The van der Waals surface area contributed by atoms with Crippen LogP contribution >= 0.6 is 0 Å². The first-order chi connectivity index (χ1) is 13.6. The highest BCUT2D eigenvalue weighted by Crippen LogP contribution is 2.32. The summed E-state index contributed by atoms with van der Waals surface area (Å²) in [6, 6.07) is 18.1. The number of methoxy groups -OCH3 is 1. The van der Waals surface area contributed by atoms with Crippen molar-refractivity contribution in [2.24, 2.45) is 0 Å². The Morgan fingerprint density at radius 1 is 1.07 bits per heavy atom. The van der Waals surface area contributed by atoms with Gasteiger partial charge in [-0.1, -0.05) is 18.2 Å². The molecule has 0 saturated heterocycles. The number of pyridine rings is 1. The largest absolute Gasteiger partial charge is 0.493 e. The van der Waals surface area contributed by atoms with E-state index in [1.54, 1.807) is 31.4 Å². The summed E-state index contributed by atoms with van der Waals surface area (Å²) in [5.74, 6) is 0.269. The fourth-order valence-corrected chi connectivity index (χ4v) is 2.92. The highest BCUT2D eigenvalue weighted by atomic mass is 16.5. The van der Waals surface area contributed by atoms with E-state index >= 15 is 0 Å². The first kappa shape index (κ1) is 17.6. The van der Waals surface area contributed by atoms with Gasteiger partial charge in [-0.3, -0.25) is 0 Å². The summed E-state index contributed by atoms with van der Waals surface area (Å²) in [7, 11) is 1.59. The van der Waals surface area contributed by atoms with Gasteiger partial charge < -0.3 is 19.0 Å². The molecule has 0 radical (unpaired) electrons. The summed E-state index contributed by atoms with van der Waals surface area (Å²) in [6.45, 7) is 0.309. The number of imidazole rings is 1. The number of hydrogen-bond donors (Lipinski definition) is 1. The molecule has 0 aliphatic rings. The Hall–Kier alpha value is -3.80. The number of fused-ring (bicyclic) bond motifs is 1. The number of carbonyl (C=O) groups is 1. The molecule has 0 amide bonds. The maximum absolute atomic E-state index is 10.9. The van der Waals surface area contributed by atoms with Crippen LogP contribution in [0.1, 0.15) is 15.9 Å². The molecule has 0 atom stereocenters. The number of hydrogen-bond acceptors (Lipinski definition) is 4. The van der Waals surface area contributed by atoms with Gasteiger partial charge in [0.25, 0.3) is 0 Å². The molecule has 4 aromatic rings. The van der Waals surface area contributed by atoms with E-state index in [1.165, 1.54) is 0 Å².